The number of H-pyrrole nitrogens is 1. The molecule has 0 amide bonds. The summed E-state index contributed by atoms with van der Waals surface area (Å²) < 4.78 is 8.65. The number of nitrogens with zero attached hydrogens (tertiary/aromatic N) is 1. The summed E-state index contributed by atoms with van der Waals surface area (Å²) in [4.78, 5) is 3.16. The van der Waals surface area contributed by atoms with E-state index >= 15 is 0 Å². The lowest BCUT2D eigenvalue weighted by molar-refractivity contribution is 0.0734. The minimum absolute atomic E-state index is 0.319. The Kier molecular flexibility index (Phi) is 3.50. The first-order valence-corrected chi connectivity index (χ1v) is 6.38. The maximum atomic E-state index is 5.56. The molecule has 16 heavy (non-hydrogen) atoms. The first kappa shape index (κ1) is 11.9. The lowest BCUT2D eigenvalue weighted by Crippen LogP contribution is -2.22. The van der Waals surface area contributed by atoms with Gasteiger partial charge in [0.05, 0.1) is 12.1 Å². The highest BCUT2D eigenvalue weighted by molar-refractivity contribution is 7.71. The molecule has 3 nitrogen and oxygen atoms in total. The van der Waals surface area contributed by atoms with E-state index in [1.54, 1.807) is 7.11 Å². The molecular weight excluding hydrogens is 220 g/mol. The Hall–Kier alpha value is -0.610. The molecule has 2 atom stereocenters. The van der Waals surface area contributed by atoms with Crippen LogP contribution in [0.1, 0.15) is 50.8 Å². The van der Waals surface area contributed by atoms with Crippen molar-refractivity contribution in [1.82, 2.24) is 9.55 Å². The molecule has 1 aliphatic carbocycles. The molecule has 1 saturated carbocycles. The zero-order valence-corrected chi connectivity index (χ0v) is 11.0. The van der Waals surface area contributed by atoms with Crippen LogP contribution in [-0.2, 0) is 4.74 Å². The van der Waals surface area contributed by atoms with Crippen LogP contribution in [0.4, 0.5) is 0 Å². The molecule has 1 fully saturated rings. The van der Waals surface area contributed by atoms with E-state index in [1.807, 2.05) is 6.20 Å². The fraction of sp³-hybridized carbons (Fsp3) is 0.750. The van der Waals surface area contributed by atoms with E-state index < -0.39 is 0 Å². The Morgan fingerprint density at radius 3 is 2.88 bits per heavy atom. The quantitative estimate of drug-likeness (QED) is 0.821. The first-order chi connectivity index (χ1) is 7.65. The fourth-order valence-corrected chi connectivity index (χ4v) is 2.96. The largest absolute Gasteiger partial charge is 0.379 e. The van der Waals surface area contributed by atoms with Crippen molar-refractivity contribution in [3.8, 4) is 0 Å². The van der Waals surface area contributed by atoms with Gasteiger partial charge in [0.2, 0.25) is 0 Å². The standard InChI is InChI=1S/C12H20N2OS/c1-8(2)10-7-13-12(16)14(10)9-5-4-6-11(9)15-3/h7-9,11H,4-6H2,1-3H3,(H,13,16). The van der Waals surface area contributed by atoms with E-state index in [1.165, 1.54) is 18.5 Å². The fourth-order valence-electron chi connectivity index (χ4n) is 2.66. The Labute approximate surface area is 102 Å². The zero-order valence-electron chi connectivity index (χ0n) is 10.2. The summed E-state index contributed by atoms with van der Waals surface area (Å²) in [7, 11) is 1.80. The van der Waals surface area contributed by atoms with Gasteiger partial charge in [-0.15, -0.1) is 0 Å². The molecule has 1 aromatic rings. The summed E-state index contributed by atoms with van der Waals surface area (Å²) in [5.74, 6) is 0.492. The smallest absolute Gasteiger partial charge is 0.177 e. The van der Waals surface area contributed by atoms with Crippen molar-refractivity contribution in [2.75, 3.05) is 7.11 Å². The van der Waals surface area contributed by atoms with E-state index in [9.17, 15) is 0 Å². The van der Waals surface area contributed by atoms with Gasteiger partial charge in [-0.05, 0) is 37.4 Å². The summed E-state index contributed by atoms with van der Waals surface area (Å²) in [6, 6.07) is 0.418. The van der Waals surface area contributed by atoms with Crippen molar-refractivity contribution in [3.63, 3.8) is 0 Å². The molecular formula is C12H20N2OS. The van der Waals surface area contributed by atoms with Crippen molar-refractivity contribution in [2.45, 2.75) is 51.2 Å². The third-order valence-electron chi connectivity index (χ3n) is 3.48. The van der Waals surface area contributed by atoms with Gasteiger partial charge in [0.1, 0.15) is 0 Å². The Morgan fingerprint density at radius 2 is 2.25 bits per heavy atom. The number of aromatic nitrogens is 2. The van der Waals surface area contributed by atoms with E-state index in [2.05, 4.69) is 23.4 Å². The monoisotopic (exact) mass is 240 g/mol. The molecule has 1 aromatic heterocycles. The molecule has 0 radical (unpaired) electrons. The predicted molar refractivity (Wildman–Crippen MR) is 67.4 cm³/mol. The molecule has 2 unspecified atom stereocenters. The molecule has 0 aromatic carbocycles. The number of aromatic amines is 1. The number of hydrogen-bond donors (Lipinski definition) is 1. The van der Waals surface area contributed by atoms with Gasteiger partial charge in [-0.3, -0.25) is 0 Å². The average Bonchev–Trinajstić information content (AvgIpc) is 2.82. The third kappa shape index (κ3) is 1.96. The minimum atomic E-state index is 0.319. The molecule has 0 saturated heterocycles. The van der Waals surface area contributed by atoms with Crippen LogP contribution < -0.4 is 0 Å². The lowest BCUT2D eigenvalue weighted by Gasteiger charge is -2.23. The van der Waals surface area contributed by atoms with E-state index in [4.69, 9.17) is 17.0 Å². The highest BCUT2D eigenvalue weighted by atomic mass is 32.1. The molecule has 4 heteroatoms. The van der Waals surface area contributed by atoms with Gasteiger partial charge in [-0.2, -0.15) is 0 Å². The number of imidazole rings is 1. The number of nitrogens with one attached hydrogen (secondary N) is 1. The summed E-state index contributed by atoms with van der Waals surface area (Å²) in [5, 5.41) is 0. The topological polar surface area (TPSA) is 29.9 Å². The lowest BCUT2D eigenvalue weighted by atomic mass is 10.1. The van der Waals surface area contributed by atoms with Gasteiger partial charge in [-0.25, -0.2) is 0 Å². The summed E-state index contributed by atoms with van der Waals surface area (Å²) in [5.41, 5.74) is 1.29. The van der Waals surface area contributed by atoms with Crippen molar-refractivity contribution >= 4 is 12.2 Å². The van der Waals surface area contributed by atoms with Crippen LogP contribution in [0.2, 0.25) is 0 Å². The second kappa shape index (κ2) is 4.72. The number of ether oxygens (including phenoxy) is 1. The Morgan fingerprint density at radius 1 is 1.50 bits per heavy atom. The van der Waals surface area contributed by atoms with Crippen molar-refractivity contribution in [3.05, 3.63) is 16.7 Å². The van der Waals surface area contributed by atoms with Crippen LogP contribution in [0.3, 0.4) is 0 Å². The van der Waals surface area contributed by atoms with Crippen LogP contribution in [0.15, 0.2) is 6.20 Å². The second-order valence-electron chi connectivity index (χ2n) is 4.82. The average molecular weight is 240 g/mol. The third-order valence-corrected chi connectivity index (χ3v) is 3.80. The maximum Gasteiger partial charge on any atom is 0.177 e. The highest BCUT2D eigenvalue weighted by Gasteiger charge is 2.30. The van der Waals surface area contributed by atoms with Gasteiger partial charge in [0, 0.05) is 19.0 Å². The van der Waals surface area contributed by atoms with Crippen LogP contribution in [0.25, 0.3) is 0 Å². The van der Waals surface area contributed by atoms with Crippen molar-refractivity contribution in [2.24, 2.45) is 0 Å². The molecule has 0 aliphatic heterocycles. The maximum absolute atomic E-state index is 5.56. The SMILES string of the molecule is COC1CCCC1n1c(C(C)C)c[nH]c1=S. The van der Waals surface area contributed by atoms with Crippen LogP contribution in [0.5, 0.6) is 0 Å². The molecule has 0 bridgehead atoms. The number of hydrogen-bond acceptors (Lipinski definition) is 2. The molecule has 1 aliphatic rings. The van der Waals surface area contributed by atoms with Crippen LogP contribution >= 0.6 is 12.2 Å². The summed E-state index contributed by atoms with van der Waals surface area (Å²) in [6.07, 6.45) is 5.90. The van der Waals surface area contributed by atoms with Crippen molar-refractivity contribution in [1.29, 1.82) is 0 Å². The van der Waals surface area contributed by atoms with Crippen molar-refractivity contribution < 1.29 is 4.74 Å². The van der Waals surface area contributed by atoms with Crippen LogP contribution in [-0.4, -0.2) is 22.8 Å². The number of rotatable bonds is 3. The molecule has 1 heterocycles. The minimum Gasteiger partial charge on any atom is -0.379 e. The summed E-state index contributed by atoms with van der Waals surface area (Å²) in [6.45, 7) is 4.40. The normalized spacial score (nSPS) is 25.5. The second-order valence-corrected chi connectivity index (χ2v) is 5.20. The van der Waals surface area contributed by atoms with E-state index in [-0.39, 0.29) is 0 Å². The first-order valence-electron chi connectivity index (χ1n) is 5.97. The van der Waals surface area contributed by atoms with Gasteiger partial charge >= 0.3 is 0 Å². The molecule has 2 rings (SSSR count). The van der Waals surface area contributed by atoms with E-state index in [0.717, 1.165) is 11.2 Å². The molecule has 90 valence electrons. The van der Waals surface area contributed by atoms with Crippen LogP contribution in [0, 0.1) is 4.77 Å². The van der Waals surface area contributed by atoms with Gasteiger partial charge in [0.15, 0.2) is 4.77 Å². The molecule has 1 N–H and O–H groups in total. The summed E-state index contributed by atoms with van der Waals surface area (Å²) >= 11 is 5.38. The van der Waals surface area contributed by atoms with Gasteiger partial charge < -0.3 is 14.3 Å². The molecule has 0 spiro atoms. The van der Waals surface area contributed by atoms with Gasteiger partial charge in [-0.1, -0.05) is 13.8 Å². The Balaban J connectivity index is 2.38. The highest BCUT2D eigenvalue weighted by Crippen LogP contribution is 2.34. The predicted octanol–water partition coefficient (Wildman–Crippen LogP) is 3.41. The Bertz CT molecular complexity index is 407. The van der Waals surface area contributed by atoms with E-state index in [0.29, 0.717) is 18.1 Å². The number of methoxy groups -OCH3 is 1. The zero-order chi connectivity index (χ0) is 11.7. The van der Waals surface area contributed by atoms with Gasteiger partial charge in [0.25, 0.3) is 0 Å².